The molecule has 0 bridgehead atoms. The van der Waals surface area contributed by atoms with Crippen LogP contribution < -0.4 is 0 Å². The molecule has 2 aliphatic rings. The summed E-state index contributed by atoms with van der Waals surface area (Å²) in [4.78, 5) is 0. The summed E-state index contributed by atoms with van der Waals surface area (Å²) in [6, 6.07) is 9.78. The molecule has 0 nitrogen and oxygen atoms in total. The highest BCUT2D eigenvalue weighted by molar-refractivity contribution is 6.53. The normalized spacial score (nSPS) is 36.5. The van der Waals surface area contributed by atoms with Crippen molar-refractivity contribution in [2.75, 3.05) is 0 Å². The Labute approximate surface area is 175 Å². The molecular weight excluding hydrogens is 409 g/mol. The van der Waals surface area contributed by atoms with Gasteiger partial charge < -0.3 is 0 Å². The van der Waals surface area contributed by atoms with Crippen molar-refractivity contribution >= 4 is 57.1 Å². The summed E-state index contributed by atoms with van der Waals surface area (Å²) >= 11 is 0. The van der Waals surface area contributed by atoms with Crippen molar-refractivity contribution in [2.24, 2.45) is 0 Å². The van der Waals surface area contributed by atoms with Crippen LogP contribution in [0.1, 0.15) is 22.2 Å². The van der Waals surface area contributed by atoms with E-state index in [1.54, 1.807) is 0 Å². The molecule has 6 unspecified atom stereocenters. The van der Waals surface area contributed by atoms with Gasteiger partial charge in [-0.3, -0.25) is 0 Å². The van der Waals surface area contributed by atoms with Gasteiger partial charge in [0.25, 0.3) is 0 Å². The first kappa shape index (κ1) is 21.0. The average Bonchev–Trinajstić information content (AvgIpc) is 2.69. The highest BCUT2D eigenvalue weighted by Crippen LogP contribution is 2.62. The fourth-order valence-electron chi connectivity index (χ4n) is 6.99. The summed E-state index contributed by atoms with van der Waals surface area (Å²) in [6.45, 7) is 15.9. The molecule has 0 aromatic heterocycles. The monoisotopic (exact) mass is 448 g/mol. The highest BCUT2D eigenvalue weighted by atomic mass is 28.2. The Morgan fingerprint density at radius 1 is 0.538 bits per heavy atom. The van der Waals surface area contributed by atoms with E-state index in [1.165, 1.54) is 11.1 Å². The third-order valence-electron chi connectivity index (χ3n) is 7.85. The van der Waals surface area contributed by atoms with Crippen LogP contribution in [-0.2, 0) is 0 Å². The summed E-state index contributed by atoms with van der Waals surface area (Å²) in [5.74, 6) is 0. The van der Waals surface area contributed by atoms with Gasteiger partial charge in [-0.1, -0.05) is 74.7 Å². The number of rotatable bonds is 6. The molecule has 3 rings (SSSR count). The van der Waals surface area contributed by atoms with Crippen molar-refractivity contribution in [1.82, 2.24) is 0 Å². The lowest BCUT2D eigenvalue weighted by molar-refractivity contribution is 0.607. The minimum Gasteiger partial charge on any atom is -0.0746 e. The summed E-state index contributed by atoms with van der Waals surface area (Å²) in [5, 5.41) is 0. The Morgan fingerprint density at radius 3 is 1.19 bits per heavy atom. The van der Waals surface area contributed by atoms with Crippen LogP contribution in [0.5, 0.6) is 0 Å². The Balaban J connectivity index is 2.27. The SMILES string of the molecule is C[SiH2]C1C2=C(C([SiH2]C)c3ccccc31)C([SiH2]C)C([SiH2]C)C([SiH2]C)C2[SiH2]C. The fraction of sp³-hybridized carbons (Fsp3) is 0.600. The zero-order chi connectivity index (χ0) is 18.8. The van der Waals surface area contributed by atoms with Gasteiger partial charge >= 0.3 is 0 Å². The lowest BCUT2D eigenvalue weighted by Gasteiger charge is -2.52. The van der Waals surface area contributed by atoms with E-state index >= 15 is 0 Å². The quantitative estimate of drug-likeness (QED) is 0.457. The second-order valence-corrected chi connectivity index (χ2v) is 18.8. The molecule has 144 valence electrons. The van der Waals surface area contributed by atoms with E-state index in [1.807, 2.05) is 11.1 Å². The maximum absolute atomic E-state index is 2.67. The predicted molar refractivity (Wildman–Crippen MR) is 140 cm³/mol. The van der Waals surface area contributed by atoms with Gasteiger partial charge in [0.2, 0.25) is 0 Å². The van der Waals surface area contributed by atoms with Crippen molar-refractivity contribution in [3.63, 3.8) is 0 Å². The van der Waals surface area contributed by atoms with Crippen molar-refractivity contribution < 1.29 is 0 Å². The molecule has 0 fully saturated rings. The van der Waals surface area contributed by atoms with Crippen LogP contribution in [-0.4, -0.2) is 57.1 Å². The summed E-state index contributed by atoms with van der Waals surface area (Å²) in [6.07, 6.45) is 0. The Kier molecular flexibility index (Phi) is 7.40. The first-order valence-electron chi connectivity index (χ1n) is 11.5. The molecule has 1 aromatic rings. The zero-order valence-electron chi connectivity index (χ0n) is 18.0. The van der Waals surface area contributed by atoms with E-state index in [4.69, 9.17) is 0 Å². The second kappa shape index (κ2) is 9.17. The van der Waals surface area contributed by atoms with E-state index in [0.29, 0.717) is 0 Å². The minimum absolute atomic E-state index is 0.0394. The Morgan fingerprint density at radius 2 is 0.923 bits per heavy atom. The maximum Gasteiger partial charge on any atom is 0.0308 e. The lowest BCUT2D eigenvalue weighted by atomic mass is 9.76. The number of hydrogen-bond acceptors (Lipinski definition) is 0. The van der Waals surface area contributed by atoms with Gasteiger partial charge in [-0.2, -0.15) is 0 Å². The molecule has 26 heavy (non-hydrogen) atoms. The molecule has 0 amide bonds. The third kappa shape index (κ3) is 3.28. The number of allylic oxidation sites excluding steroid dienone is 2. The van der Waals surface area contributed by atoms with E-state index in [0.717, 1.165) is 22.2 Å². The molecule has 0 saturated heterocycles. The smallest absolute Gasteiger partial charge is 0.0308 e. The van der Waals surface area contributed by atoms with Crippen LogP contribution in [0.2, 0.25) is 61.4 Å². The molecule has 0 radical (unpaired) electrons. The van der Waals surface area contributed by atoms with Crippen molar-refractivity contribution in [2.45, 2.75) is 72.5 Å². The number of benzene rings is 1. The highest BCUT2D eigenvalue weighted by Gasteiger charge is 2.47. The molecule has 6 atom stereocenters. The summed E-state index contributed by atoms with van der Waals surface area (Å²) < 4.78 is 0. The van der Waals surface area contributed by atoms with Crippen LogP contribution in [0, 0.1) is 0 Å². The molecule has 6 heteroatoms. The summed E-state index contributed by atoms with van der Waals surface area (Å²) in [7, 11) is 0.264. The van der Waals surface area contributed by atoms with Gasteiger partial charge in [0, 0.05) is 57.1 Å². The van der Waals surface area contributed by atoms with Gasteiger partial charge in [0.05, 0.1) is 0 Å². The molecule has 1 aromatic carbocycles. The van der Waals surface area contributed by atoms with Crippen molar-refractivity contribution in [1.29, 1.82) is 0 Å². The first-order valence-corrected chi connectivity index (χ1v) is 24.9. The topological polar surface area (TPSA) is 0 Å². The van der Waals surface area contributed by atoms with Crippen molar-refractivity contribution in [3.05, 3.63) is 46.5 Å². The van der Waals surface area contributed by atoms with Gasteiger partial charge in [-0.25, -0.2) is 0 Å². The lowest BCUT2D eigenvalue weighted by Crippen LogP contribution is -2.39. The van der Waals surface area contributed by atoms with Crippen LogP contribution in [0.15, 0.2) is 35.4 Å². The van der Waals surface area contributed by atoms with E-state index < -0.39 is 0 Å². The molecule has 0 aliphatic heterocycles. The molecule has 0 N–H and O–H groups in total. The molecule has 0 heterocycles. The van der Waals surface area contributed by atoms with E-state index in [-0.39, 0.29) is 57.1 Å². The second-order valence-electron chi connectivity index (χ2n) is 8.63. The number of fused-ring (bicyclic) bond motifs is 1. The number of hydrogen-bond donors (Lipinski definition) is 0. The molecular formula is C20H40Si6. The van der Waals surface area contributed by atoms with Crippen molar-refractivity contribution in [3.8, 4) is 0 Å². The third-order valence-corrected chi connectivity index (χ3v) is 21.3. The largest absolute Gasteiger partial charge is 0.0746 e. The molecule has 2 aliphatic carbocycles. The zero-order valence-corrected chi connectivity index (χ0v) is 26.5. The summed E-state index contributed by atoms with van der Waals surface area (Å²) in [5.41, 5.74) is 14.4. The maximum atomic E-state index is 2.67. The van der Waals surface area contributed by atoms with Gasteiger partial charge in [0.15, 0.2) is 0 Å². The average molecular weight is 449 g/mol. The van der Waals surface area contributed by atoms with Gasteiger partial charge in [-0.15, -0.1) is 0 Å². The van der Waals surface area contributed by atoms with Gasteiger partial charge in [-0.05, 0) is 44.4 Å². The van der Waals surface area contributed by atoms with E-state index in [9.17, 15) is 0 Å². The predicted octanol–water partition coefficient (Wildman–Crippen LogP) is 1.55. The Hall–Kier alpha value is 0.261. The molecule has 0 saturated carbocycles. The van der Waals surface area contributed by atoms with Crippen LogP contribution in [0.25, 0.3) is 0 Å². The van der Waals surface area contributed by atoms with Crippen LogP contribution in [0.3, 0.4) is 0 Å². The Bertz CT molecular complexity index is 602. The minimum atomic E-state index is -0.0394. The fourth-order valence-corrected chi connectivity index (χ4v) is 25.3. The van der Waals surface area contributed by atoms with Gasteiger partial charge in [0.1, 0.15) is 0 Å². The first-order chi connectivity index (χ1) is 12.7. The van der Waals surface area contributed by atoms with E-state index in [2.05, 4.69) is 74.7 Å². The molecule has 0 spiro atoms. The van der Waals surface area contributed by atoms with Crippen LogP contribution in [0.4, 0.5) is 0 Å². The standard InChI is InChI=1S/C20H40Si6/c1-21-15-11-9-7-8-10-12(11)16(22-2)14-13(15)17(23-3)19(25-5)20(26-6)18(14)24-4/h7-10,15-20H,21-26H2,1-6H3. The van der Waals surface area contributed by atoms with Crippen LogP contribution >= 0.6 is 0 Å².